The molecule has 0 aromatic heterocycles. The van der Waals surface area contributed by atoms with Gasteiger partial charge in [0.05, 0.1) is 5.56 Å². The van der Waals surface area contributed by atoms with Crippen LogP contribution in [0.4, 0.5) is 17.6 Å². The molecule has 0 aliphatic rings. The van der Waals surface area contributed by atoms with Gasteiger partial charge in [-0.3, -0.25) is 4.79 Å². The number of carbonyl (C=O) groups excluding carboxylic acids is 1. The summed E-state index contributed by atoms with van der Waals surface area (Å²) in [7, 11) is 0. The summed E-state index contributed by atoms with van der Waals surface area (Å²) in [4.78, 5) is 10.6. The molecule has 0 amide bonds. The number of carbonyl (C=O) groups is 1. The lowest BCUT2D eigenvalue weighted by atomic mass is 10.1. The average molecular weight is 232 g/mol. The summed E-state index contributed by atoms with van der Waals surface area (Å²) < 4.78 is 50.1. The molecule has 0 heterocycles. The van der Waals surface area contributed by atoms with Crippen molar-refractivity contribution in [3.05, 3.63) is 41.2 Å². The summed E-state index contributed by atoms with van der Waals surface area (Å²) >= 11 is 0. The van der Waals surface area contributed by atoms with E-state index >= 15 is 0 Å². The van der Waals surface area contributed by atoms with Crippen LogP contribution in [0.5, 0.6) is 0 Å². The third kappa shape index (κ3) is 3.18. The van der Waals surface area contributed by atoms with Gasteiger partial charge in [0.25, 0.3) is 0 Å². The maximum absolute atomic E-state index is 12.7. The van der Waals surface area contributed by atoms with Gasteiger partial charge in [0.15, 0.2) is 5.78 Å². The van der Waals surface area contributed by atoms with E-state index in [2.05, 4.69) is 0 Å². The molecule has 0 fully saturated rings. The number of alkyl halides is 3. The maximum atomic E-state index is 12.7. The van der Waals surface area contributed by atoms with Crippen molar-refractivity contribution < 1.29 is 22.4 Å². The van der Waals surface area contributed by atoms with Crippen LogP contribution in [0.1, 0.15) is 18.1 Å². The Labute approximate surface area is 89.4 Å². The molecule has 1 rings (SSSR count). The lowest BCUT2D eigenvalue weighted by molar-refractivity contribution is -0.138. The second-order valence-corrected chi connectivity index (χ2v) is 3.17. The predicted octanol–water partition coefficient (Wildman–Crippen LogP) is 3.45. The van der Waals surface area contributed by atoms with Crippen molar-refractivity contribution in [2.24, 2.45) is 0 Å². The summed E-state index contributed by atoms with van der Waals surface area (Å²) in [6, 6.07) is 2.30. The molecule has 0 radical (unpaired) electrons. The van der Waals surface area contributed by atoms with Crippen LogP contribution in [0, 0.1) is 5.82 Å². The van der Waals surface area contributed by atoms with Crippen LogP contribution in [-0.2, 0) is 11.0 Å². The monoisotopic (exact) mass is 232 g/mol. The van der Waals surface area contributed by atoms with Gasteiger partial charge in [0, 0.05) is 0 Å². The second kappa shape index (κ2) is 4.47. The molecule has 1 nitrogen and oxygen atoms in total. The van der Waals surface area contributed by atoms with E-state index in [1.165, 1.54) is 6.92 Å². The van der Waals surface area contributed by atoms with Gasteiger partial charge in [-0.25, -0.2) is 4.39 Å². The van der Waals surface area contributed by atoms with Gasteiger partial charge in [-0.1, -0.05) is 12.1 Å². The van der Waals surface area contributed by atoms with Crippen molar-refractivity contribution >= 4 is 11.9 Å². The Hall–Kier alpha value is -1.65. The first-order valence-corrected chi connectivity index (χ1v) is 4.36. The first kappa shape index (κ1) is 12.4. The predicted molar refractivity (Wildman–Crippen MR) is 51.1 cm³/mol. The van der Waals surface area contributed by atoms with E-state index in [4.69, 9.17) is 0 Å². The van der Waals surface area contributed by atoms with E-state index in [1.807, 2.05) is 0 Å². The molecule has 0 saturated carbocycles. The van der Waals surface area contributed by atoms with E-state index in [-0.39, 0.29) is 11.3 Å². The molecule has 5 heteroatoms. The molecule has 0 unspecified atom stereocenters. The largest absolute Gasteiger partial charge is 0.417 e. The van der Waals surface area contributed by atoms with E-state index in [0.717, 1.165) is 24.3 Å². The Morgan fingerprint density at radius 1 is 1.31 bits per heavy atom. The highest BCUT2D eigenvalue weighted by atomic mass is 19.4. The number of allylic oxidation sites excluding steroid dienone is 1. The van der Waals surface area contributed by atoms with Crippen LogP contribution in [0.3, 0.4) is 0 Å². The summed E-state index contributed by atoms with van der Waals surface area (Å²) in [6.45, 7) is 1.22. The molecule has 86 valence electrons. The van der Waals surface area contributed by atoms with Gasteiger partial charge >= 0.3 is 6.18 Å². The fourth-order valence-electron chi connectivity index (χ4n) is 1.13. The van der Waals surface area contributed by atoms with Crippen molar-refractivity contribution in [3.8, 4) is 0 Å². The zero-order chi connectivity index (χ0) is 12.3. The van der Waals surface area contributed by atoms with Crippen molar-refractivity contribution in [1.29, 1.82) is 0 Å². The Balaban J connectivity index is 3.23. The van der Waals surface area contributed by atoms with E-state index in [9.17, 15) is 22.4 Å². The molecule has 0 bridgehead atoms. The number of benzene rings is 1. The summed E-state index contributed by atoms with van der Waals surface area (Å²) in [6.07, 6.45) is -2.62. The van der Waals surface area contributed by atoms with Gasteiger partial charge in [-0.05, 0) is 30.7 Å². The maximum Gasteiger partial charge on any atom is 0.417 e. The topological polar surface area (TPSA) is 17.1 Å². The highest BCUT2D eigenvalue weighted by Crippen LogP contribution is 2.33. The van der Waals surface area contributed by atoms with Crippen LogP contribution in [0.15, 0.2) is 24.3 Å². The molecule has 0 atom stereocenters. The fourth-order valence-corrected chi connectivity index (χ4v) is 1.13. The first-order valence-electron chi connectivity index (χ1n) is 4.36. The van der Waals surface area contributed by atoms with Gasteiger partial charge in [0.1, 0.15) is 5.82 Å². The van der Waals surface area contributed by atoms with E-state index in [0.29, 0.717) is 6.07 Å². The SMILES string of the molecule is CC(=O)/C=C/c1ccc(F)cc1C(F)(F)F. The molecule has 0 aliphatic carbocycles. The fraction of sp³-hybridized carbons (Fsp3) is 0.182. The Morgan fingerprint density at radius 2 is 1.94 bits per heavy atom. The zero-order valence-electron chi connectivity index (χ0n) is 8.31. The van der Waals surface area contributed by atoms with Crippen LogP contribution >= 0.6 is 0 Å². The minimum Gasteiger partial charge on any atom is -0.295 e. The summed E-state index contributed by atoms with van der Waals surface area (Å²) in [5, 5.41) is 0. The molecular formula is C11H8F4O. The Bertz CT molecular complexity index is 432. The summed E-state index contributed by atoms with van der Waals surface area (Å²) in [5.74, 6) is -1.34. The number of halogens is 4. The smallest absolute Gasteiger partial charge is 0.295 e. The van der Waals surface area contributed by atoms with Crippen molar-refractivity contribution in [1.82, 2.24) is 0 Å². The number of rotatable bonds is 2. The van der Waals surface area contributed by atoms with Crippen LogP contribution in [-0.4, -0.2) is 5.78 Å². The van der Waals surface area contributed by atoms with Crippen molar-refractivity contribution in [2.75, 3.05) is 0 Å². The Morgan fingerprint density at radius 3 is 2.44 bits per heavy atom. The highest BCUT2D eigenvalue weighted by molar-refractivity contribution is 5.91. The molecule has 16 heavy (non-hydrogen) atoms. The zero-order valence-corrected chi connectivity index (χ0v) is 8.31. The van der Waals surface area contributed by atoms with Gasteiger partial charge in [0.2, 0.25) is 0 Å². The lowest BCUT2D eigenvalue weighted by Gasteiger charge is -2.09. The quantitative estimate of drug-likeness (QED) is 0.563. The number of hydrogen-bond acceptors (Lipinski definition) is 1. The van der Waals surface area contributed by atoms with Crippen LogP contribution < -0.4 is 0 Å². The van der Waals surface area contributed by atoms with Gasteiger partial charge in [-0.2, -0.15) is 13.2 Å². The van der Waals surface area contributed by atoms with Crippen LogP contribution in [0.2, 0.25) is 0 Å². The summed E-state index contributed by atoms with van der Waals surface area (Å²) in [5.41, 5.74) is -1.32. The third-order valence-electron chi connectivity index (χ3n) is 1.82. The average Bonchev–Trinajstić information content (AvgIpc) is 2.14. The molecule has 1 aromatic rings. The van der Waals surface area contributed by atoms with Crippen molar-refractivity contribution in [2.45, 2.75) is 13.1 Å². The highest BCUT2D eigenvalue weighted by Gasteiger charge is 2.33. The molecule has 0 N–H and O–H groups in total. The Kier molecular flexibility index (Phi) is 3.47. The normalized spacial score (nSPS) is 12.1. The number of ketones is 1. The minimum absolute atomic E-state index is 0.232. The standard InChI is InChI=1S/C11H8F4O/c1-7(16)2-3-8-4-5-9(12)6-10(8)11(13,14)15/h2-6H,1H3/b3-2+. The minimum atomic E-state index is -4.64. The van der Waals surface area contributed by atoms with E-state index < -0.39 is 17.6 Å². The second-order valence-electron chi connectivity index (χ2n) is 3.17. The molecule has 1 aromatic carbocycles. The van der Waals surface area contributed by atoms with Crippen molar-refractivity contribution in [3.63, 3.8) is 0 Å². The van der Waals surface area contributed by atoms with Gasteiger partial charge in [-0.15, -0.1) is 0 Å². The molecule has 0 saturated heterocycles. The molecular weight excluding hydrogens is 224 g/mol. The van der Waals surface area contributed by atoms with E-state index in [1.54, 1.807) is 0 Å². The van der Waals surface area contributed by atoms with Crippen LogP contribution in [0.25, 0.3) is 6.08 Å². The molecule has 0 aliphatic heterocycles. The number of hydrogen-bond donors (Lipinski definition) is 0. The third-order valence-corrected chi connectivity index (χ3v) is 1.82. The lowest BCUT2D eigenvalue weighted by Crippen LogP contribution is -2.07. The molecule has 0 spiro atoms. The van der Waals surface area contributed by atoms with Gasteiger partial charge < -0.3 is 0 Å². The first-order chi connectivity index (χ1) is 7.30.